The van der Waals surface area contributed by atoms with Crippen molar-refractivity contribution < 1.29 is 14.7 Å². The number of aromatic hydroxyl groups is 1. The summed E-state index contributed by atoms with van der Waals surface area (Å²) in [5, 5.41) is 11.6. The van der Waals surface area contributed by atoms with Crippen molar-refractivity contribution in [2.24, 2.45) is 0 Å². The van der Waals surface area contributed by atoms with Crippen molar-refractivity contribution in [1.29, 1.82) is 0 Å². The molecule has 3 amide bonds. The topological polar surface area (TPSA) is 69.6 Å². The van der Waals surface area contributed by atoms with Gasteiger partial charge in [0.05, 0.1) is 5.69 Å². The molecule has 0 radical (unpaired) electrons. The minimum Gasteiger partial charge on any atom is -0.508 e. The number of urea groups is 1. The number of phenolic OH excluding ortho intramolecular Hbond substituents is 1. The van der Waals surface area contributed by atoms with E-state index in [1.165, 1.54) is 17.0 Å². The summed E-state index contributed by atoms with van der Waals surface area (Å²) in [5.74, 6) is -0.301. The lowest BCUT2D eigenvalue weighted by Gasteiger charge is -2.20. The van der Waals surface area contributed by atoms with Gasteiger partial charge in [-0.05, 0) is 18.6 Å². The summed E-state index contributed by atoms with van der Waals surface area (Å²) < 4.78 is 0. The first-order chi connectivity index (χ1) is 8.13. The zero-order valence-electron chi connectivity index (χ0n) is 9.09. The molecule has 2 N–H and O–H groups in total. The Morgan fingerprint density at radius 3 is 2.88 bits per heavy atom. The van der Waals surface area contributed by atoms with Crippen molar-refractivity contribution in [2.45, 2.75) is 12.5 Å². The fourth-order valence-corrected chi connectivity index (χ4v) is 1.82. The van der Waals surface area contributed by atoms with Crippen LogP contribution in [-0.2, 0) is 4.79 Å². The molecule has 1 aromatic rings. The van der Waals surface area contributed by atoms with Crippen LogP contribution in [0.25, 0.3) is 0 Å². The van der Waals surface area contributed by atoms with Gasteiger partial charge in [0.2, 0.25) is 0 Å². The molecule has 1 aliphatic rings. The van der Waals surface area contributed by atoms with Gasteiger partial charge in [0.15, 0.2) is 0 Å². The van der Waals surface area contributed by atoms with Crippen LogP contribution in [0.2, 0.25) is 0 Å². The van der Waals surface area contributed by atoms with Gasteiger partial charge in [-0.25, -0.2) is 4.79 Å². The monoisotopic (exact) mass is 232 g/mol. The van der Waals surface area contributed by atoms with Crippen LogP contribution in [0.5, 0.6) is 5.75 Å². The first-order valence-electron chi connectivity index (χ1n) is 5.17. The highest BCUT2D eigenvalue weighted by Gasteiger charge is 2.38. The number of nitrogens with one attached hydrogen (secondary N) is 1. The van der Waals surface area contributed by atoms with Gasteiger partial charge in [-0.3, -0.25) is 15.0 Å². The van der Waals surface area contributed by atoms with E-state index in [0.717, 1.165) is 0 Å². The first-order valence-corrected chi connectivity index (χ1v) is 5.17. The van der Waals surface area contributed by atoms with Crippen molar-refractivity contribution in [2.75, 3.05) is 4.90 Å². The number of anilines is 1. The number of rotatable bonds is 3. The number of carbonyl (C=O) groups is 2. The van der Waals surface area contributed by atoms with Crippen LogP contribution in [0, 0.1) is 0 Å². The van der Waals surface area contributed by atoms with Gasteiger partial charge in [0, 0.05) is 6.07 Å². The summed E-state index contributed by atoms with van der Waals surface area (Å²) >= 11 is 0. The summed E-state index contributed by atoms with van der Waals surface area (Å²) in [4.78, 5) is 24.5. The number of carbonyl (C=O) groups excluding carboxylic acids is 2. The van der Waals surface area contributed by atoms with Crippen molar-refractivity contribution in [3.8, 4) is 5.75 Å². The van der Waals surface area contributed by atoms with E-state index in [2.05, 4.69) is 11.9 Å². The second kappa shape index (κ2) is 4.29. The molecule has 0 spiro atoms. The molecule has 5 heteroatoms. The molecule has 88 valence electrons. The quantitative estimate of drug-likeness (QED) is 0.611. The van der Waals surface area contributed by atoms with E-state index in [0.29, 0.717) is 12.1 Å². The fraction of sp³-hybridized carbons (Fsp3) is 0.167. The Morgan fingerprint density at radius 2 is 2.24 bits per heavy atom. The SMILES string of the molecule is C=CCC1C(=O)NC(=O)N1c1cccc(O)c1. The van der Waals surface area contributed by atoms with Crippen LogP contribution in [0.15, 0.2) is 36.9 Å². The minimum atomic E-state index is -0.596. The molecular formula is C12H12N2O3. The third kappa shape index (κ3) is 1.99. The predicted octanol–water partition coefficient (Wildman–Crippen LogP) is 1.39. The molecule has 1 fully saturated rings. The van der Waals surface area contributed by atoms with E-state index in [-0.39, 0.29) is 11.7 Å². The Labute approximate surface area is 98.4 Å². The molecule has 5 nitrogen and oxygen atoms in total. The summed E-state index contributed by atoms with van der Waals surface area (Å²) in [6.07, 6.45) is 1.95. The molecule has 1 heterocycles. The van der Waals surface area contributed by atoms with Crippen LogP contribution in [0.3, 0.4) is 0 Å². The molecule has 1 aromatic carbocycles. The van der Waals surface area contributed by atoms with Crippen LogP contribution in [-0.4, -0.2) is 23.1 Å². The lowest BCUT2D eigenvalue weighted by molar-refractivity contribution is -0.119. The van der Waals surface area contributed by atoms with Gasteiger partial charge >= 0.3 is 6.03 Å². The average Bonchev–Trinajstić information content (AvgIpc) is 2.54. The van der Waals surface area contributed by atoms with Crippen LogP contribution in [0.1, 0.15) is 6.42 Å². The van der Waals surface area contributed by atoms with Gasteiger partial charge in [0.25, 0.3) is 5.91 Å². The van der Waals surface area contributed by atoms with Crippen LogP contribution >= 0.6 is 0 Å². The maximum absolute atomic E-state index is 11.7. The average molecular weight is 232 g/mol. The zero-order valence-corrected chi connectivity index (χ0v) is 9.09. The number of amides is 3. The molecule has 17 heavy (non-hydrogen) atoms. The van der Waals surface area contributed by atoms with E-state index in [4.69, 9.17) is 0 Å². The van der Waals surface area contributed by atoms with E-state index in [9.17, 15) is 14.7 Å². The van der Waals surface area contributed by atoms with Gasteiger partial charge in [-0.1, -0.05) is 12.1 Å². The molecule has 1 unspecified atom stereocenters. The predicted molar refractivity (Wildman–Crippen MR) is 62.7 cm³/mol. The molecule has 1 saturated heterocycles. The molecule has 0 aliphatic carbocycles. The summed E-state index contributed by atoms with van der Waals surface area (Å²) in [7, 11) is 0. The normalized spacial score (nSPS) is 19.3. The van der Waals surface area contributed by atoms with Gasteiger partial charge in [-0.15, -0.1) is 6.58 Å². The first kappa shape index (κ1) is 11.2. The minimum absolute atomic E-state index is 0.0482. The van der Waals surface area contributed by atoms with Crippen molar-refractivity contribution in [3.63, 3.8) is 0 Å². The lowest BCUT2D eigenvalue weighted by atomic mass is 10.1. The summed E-state index contributed by atoms with van der Waals surface area (Å²) in [6.45, 7) is 3.56. The maximum Gasteiger partial charge on any atom is 0.329 e. The van der Waals surface area contributed by atoms with Gasteiger partial charge < -0.3 is 5.11 Å². The van der Waals surface area contributed by atoms with Gasteiger partial charge in [0.1, 0.15) is 11.8 Å². The molecule has 1 atom stereocenters. The maximum atomic E-state index is 11.7. The molecule has 1 aliphatic heterocycles. The third-order valence-corrected chi connectivity index (χ3v) is 2.56. The number of phenols is 1. The highest BCUT2D eigenvalue weighted by Crippen LogP contribution is 2.25. The second-order valence-corrected chi connectivity index (χ2v) is 3.72. The van der Waals surface area contributed by atoms with E-state index in [1.54, 1.807) is 18.2 Å². The molecule has 2 rings (SSSR count). The largest absolute Gasteiger partial charge is 0.508 e. The van der Waals surface area contributed by atoms with Gasteiger partial charge in [-0.2, -0.15) is 0 Å². The van der Waals surface area contributed by atoms with Crippen molar-refractivity contribution in [3.05, 3.63) is 36.9 Å². The Morgan fingerprint density at radius 1 is 1.47 bits per heavy atom. The number of hydrogen-bond donors (Lipinski definition) is 2. The third-order valence-electron chi connectivity index (χ3n) is 2.56. The van der Waals surface area contributed by atoms with E-state index >= 15 is 0 Å². The van der Waals surface area contributed by atoms with E-state index in [1.807, 2.05) is 0 Å². The Balaban J connectivity index is 2.37. The Kier molecular flexibility index (Phi) is 2.82. The Bertz CT molecular complexity index is 484. The highest BCUT2D eigenvalue weighted by molar-refractivity contribution is 6.14. The number of imide groups is 1. The molecule has 0 aromatic heterocycles. The summed E-state index contributed by atoms with van der Waals surface area (Å²) in [6, 6.07) is 5.14. The molecular weight excluding hydrogens is 220 g/mol. The number of hydrogen-bond acceptors (Lipinski definition) is 3. The van der Waals surface area contributed by atoms with E-state index < -0.39 is 12.1 Å². The number of nitrogens with zero attached hydrogens (tertiary/aromatic N) is 1. The molecule has 0 saturated carbocycles. The fourth-order valence-electron chi connectivity index (χ4n) is 1.82. The lowest BCUT2D eigenvalue weighted by Crippen LogP contribution is -2.34. The van der Waals surface area contributed by atoms with Crippen molar-refractivity contribution >= 4 is 17.6 Å². The van der Waals surface area contributed by atoms with Crippen LogP contribution in [0.4, 0.5) is 10.5 Å². The van der Waals surface area contributed by atoms with Crippen molar-refractivity contribution in [1.82, 2.24) is 5.32 Å². The summed E-state index contributed by atoms with van der Waals surface area (Å²) in [5.41, 5.74) is 0.486. The number of benzene rings is 1. The smallest absolute Gasteiger partial charge is 0.329 e. The second-order valence-electron chi connectivity index (χ2n) is 3.72. The Hall–Kier alpha value is -2.30. The zero-order chi connectivity index (χ0) is 12.4. The van der Waals surface area contributed by atoms with Crippen LogP contribution < -0.4 is 10.2 Å². The standard InChI is InChI=1S/C12H12N2O3/c1-2-4-10-11(16)13-12(17)14(10)8-5-3-6-9(15)7-8/h2-3,5-7,10,15H,1,4H2,(H,13,16,17). The molecule has 0 bridgehead atoms. The highest BCUT2D eigenvalue weighted by atomic mass is 16.3.